The van der Waals surface area contributed by atoms with Gasteiger partial charge in [-0.2, -0.15) is 23.5 Å². The van der Waals surface area contributed by atoms with Crippen molar-refractivity contribution in [3.05, 3.63) is 0 Å². The van der Waals surface area contributed by atoms with Crippen LogP contribution < -0.4 is 11.3 Å². The van der Waals surface area contributed by atoms with Gasteiger partial charge in [0.15, 0.2) is 0 Å². The lowest BCUT2D eigenvalue weighted by Gasteiger charge is -2.36. The summed E-state index contributed by atoms with van der Waals surface area (Å²) in [5.74, 6) is 8.86. The average Bonchev–Trinajstić information content (AvgIpc) is 2.75. The molecule has 0 aliphatic carbocycles. The molecule has 2 saturated heterocycles. The van der Waals surface area contributed by atoms with Crippen LogP contribution in [0.2, 0.25) is 0 Å². The Morgan fingerprint density at radius 1 is 1.40 bits per heavy atom. The van der Waals surface area contributed by atoms with E-state index in [1.54, 1.807) is 0 Å². The van der Waals surface area contributed by atoms with Crippen molar-refractivity contribution in [2.24, 2.45) is 11.8 Å². The number of nitrogens with one attached hydrogen (secondary N) is 1. The summed E-state index contributed by atoms with van der Waals surface area (Å²) in [6.45, 7) is 4.10. The SMILES string of the molecule is CC1SCCSC1C(NN)C1CCOC1. The monoisotopic (exact) mass is 248 g/mol. The van der Waals surface area contributed by atoms with Crippen LogP contribution in [-0.4, -0.2) is 41.3 Å². The molecule has 15 heavy (non-hydrogen) atoms. The highest BCUT2D eigenvalue weighted by atomic mass is 32.2. The zero-order valence-electron chi connectivity index (χ0n) is 9.15. The van der Waals surface area contributed by atoms with Gasteiger partial charge in [-0.15, -0.1) is 0 Å². The van der Waals surface area contributed by atoms with Gasteiger partial charge in [0.05, 0.1) is 6.61 Å². The molecule has 0 aromatic heterocycles. The second kappa shape index (κ2) is 5.77. The van der Waals surface area contributed by atoms with E-state index >= 15 is 0 Å². The molecule has 0 amide bonds. The standard InChI is InChI=1S/C10H20N2OS2/c1-7-10(15-5-4-14-7)9(12-11)8-2-3-13-6-8/h7-10,12H,2-6,11H2,1H3. The van der Waals surface area contributed by atoms with Gasteiger partial charge >= 0.3 is 0 Å². The van der Waals surface area contributed by atoms with Crippen LogP contribution in [0.25, 0.3) is 0 Å². The number of ether oxygens (including phenoxy) is 1. The van der Waals surface area contributed by atoms with Crippen molar-refractivity contribution in [3.8, 4) is 0 Å². The molecule has 0 aromatic carbocycles. The van der Waals surface area contributed by atoms with Crippen LogP contribution in [-0.2, 0) is 4.74 Å². The molecular weight excluding hydrogens is 228 g/mol. The number of hydrogen-bond donors (Lipinski definition) is 2. The summed E-state index contributed by atoms with van der Waals surface area (Å²) < 4.78 is 5.45. The third-order valence-electron chi connectivity index (χ3n) is 3.26. The van der Waals surface area contributed by atoms with Crippen molar-refractivity contribution in [2.45, 2.75) is 29.9 Å². The molecule has 3 nitrogen and oxygen atoms in total. The second-order valence-corrected chi connectivity index (χ2v) is 7.00. The number of rotatable bonds is 3. The Hall–Kier alpha value is 0.580. The van der Waals surface area contributed by atoms with E-state index in [1.807, 2.05) is 0 Å². The maximum Gasteiger partial charge on any atom is 0.0510 e. The Morgan fingerprint density at radius 2 is 2.20 bits per heavy atom. The van der Waals surface area contributed by atoms with E-state index in [1.165, 1.54) is 11.5 Å². The summed E-state index contributed by atoms with van der Waals surface area (Å²) >= 11 is 4.14. The molecule has 2 aliphatic heterocycles. The molecule has 2 heterocycles. The molecule has 88 valence electrons. The van der Waals surface area contributed by atoms with E-state index in [0.29, 0.717) is 22.5 Å². The van der Waals surface area contributed by atoms with Gasteiger partial charge in [-0.1, -0.05) is 6.92 Å². The summed E-state index contributed by atoms with van der Waals surface area (Å²) in [5.41, 5.74) is 3.03. The van der Waals surface area contributed by atoms with Gasteiger partial charge in [0.25, 0.3) is 0 Å². The molecule has 4 atom stereocenters. The summed E-state index contributed by atoms with van der Waals surface area (Å²) in [6.07, 6.45) is 1.16. The molecule has 2 rings (SSSR count). The van der Waals surface area contributed by atoms with Gasteiger partial charge < -0.3 is 4.74 Å². The van der Waals surface area contributed by atoms with Gasteiger partial charge in [-0.05, 0) is 6.42 Å². The van der Waals surface area contributed by atoms with Crippen LogP contribution in [0, 0.1) is 5.92 Å². The average molecular weight is 248 g/mol. The number of nitrogens with two attached hydrogens (primary N) is 1. The summed E-state index contributed by atoms with van der Waals surface area (Å²) in [4.78, 5) is 0. The van der Waals surface area contributed by atoms with Crippen LogP contribution in [0.3, 0.4) is 0 Å². The zero-order valence-corrected chi connectivity index (χ0v) is 10.8. The Kier molecular flexibility index (Phi) is 4.64. The van der Waals surface area contributed by atoms with E-state index in [-0.39, 0.29) is 0 Å². The first-order chi connectivity index (χ1) is 7.33. The summed E-state index contributed by atoms with van der Waals surface area (Å²) in [5, 5.41) is 1.34. The first kappa shape index (κ1) is 12.0. The molecule has 2 aliphatic rings. The van der Waals surface area contributed by atoms with E-state index in [2.05, 4.69) is 35.9 Å². The van der Waals surface area contributed by atoms with Crippen LogP contribution in [0.4, 0.5) is 0 Å². The molecular formula is C10H20N2OS2. The van der Waals surface area contributed by atoms with Crippen molar-refractivity contribution in [1.29, 1.82) is 0 Å². The highest BCUT2D eigenvalue weighted by molar-refractivity contribution is 8.07. The van der Waals surface area contributed by atoms with Gasteiger partial charge in [0.1, 0.15) is 0 Å². The van der Waals surface area contributed by atoms with Crippen LogP contribution in [0.1, 0.15) is 13.3 Å². The summed E-state index contributed by atoms with van der Waals surface area (Å²) in [7, 11) is 0. The topological polar surface area (TPSA) is 47.3 Å². The normalized spacial score (nSPS) is 39.2. The fourth-order valence-corrected chi connectivity index (χ4v) is 5.40. The molecule has 0 saturated carbocycles. The summed E-state index contributed by atoms with van der Waals surface area (Å²) in [6, 6.07) is 0.417. The minimum atomic E-state index is 0.417. The Bertz CT molecular complexity index is 200. The Morgan fingerprint density at radius 3 is 2.80 bits per heavy atom. The molecule has 0 aromatic rings. The van der Waals surface area contributed by atoms with Crippen molar-refractivity contribution < 1.29 is 4.74 Å². The van der Waals surface area contributed by atoms with Gasteiger partial charge in [0.2, 0.25) is 0 Å². The van der Waals surface area contributed by atoms with Gasteiger partial charge in [0, 0.05) is 40.6 Å². The fraction of sp³-hybridized carbons (Fsp3) is 1.00. The van der Waals surface area contributed by atoms with E-state index in [9.17, 15) is 0 Å². The third-order valence-corrected chi connectivity index (χ3v) is 6.47. The molecule has 3 N–H and O–H groups in total. The maximum absolute atomic E-state index is 5.72. The fourth-order valence-electron chi connectivity index (χ4n) is 2.38. The highest BCUT2D eigenvalue weighted by Gasteiger charge is 2.36. The van der Waals surface area contributed by atoms with Crippen molar-refractivity contribution in [2.75, 3.05) is 24.7 Å². The lowest BCUT2D eigenvalue weighted by molar-refractivity contribution is 0.176. The van der Waals surface area contributed by atoms with E-state index in [0.717, 1.165) is 19.6 Å². The van der Waals surface area contributed by atoms with E-state index < -0.39 is 0 Å². The minimum Gasteiger partial charge on any atom is -0.381 e. The van der Waals surface area contributed by atoms with E-state index in [4.69, 9.17) is 10.6 Å². The number of thioether (sulfide) groups is 2. The molecule has 2 fully saturated rings. The molecule has 0 spiro atoms. The van der Waals surface area contributed by atoms with Crippen LogP contribution in [0.15, 0.2) is 0 Å². The maximum atomic E-state index is 5.72. The molecule has 0 bridgehead atoms. The molecule has 0 radical (unpaired) electrons. The quantitative estimate of drug-likeness (QED) is 0.578. The highest BCUT2D eigenvalue weighted by Crippen LogP contribution is 2.36. The number of hydrazine groups is 1. The lowest BCUT2D eigenvalue weighted by atomic mass is 9.95. The van der Waals surface area contributed by atoms with Gasteiger partial charge in [-0.3, -0.25) is 11.3 Å². The smallest absolute Gasteiger partial charge is 0.0510 e. The predicted octanol–water partition coefficient (Wildman–Crippen LogP) is 1.09. The van der Waals surface area contributed by atoms with Crippen LogP contribution in [0.5, 0.6) is 0 Å². The second-order valence-electron chi connectivity index (χ2n) is 4.23. The Balaban J connectivity index is 1.97. The molecule has 4 unspecified atom stereocenters. The van der Waals surface area contributed by atoms with Crippen LogP contribution >= 0.6 is 23.5 Å². The Labute approximate surface area is 100 Å². The first-order valence-electron chi connectivity index (χ1n) is 5.60. The number of hydrogen-bond acceptors (Lipinski definition) is 5. The lowest BCUT2D eigenvalue weighted by Crippen LogP contribution is -2.51. The van der Waals surface area contributed by atoms with Gasteiger partial charge in [-0.25, -0.2) is 0 Å². The first-order valence-corrected chi connectivity index (χ1v) is 7.69. The van der Waals surface area contributed by atoms with Crippen molar-refractivity contribution in [1.82, 2.24) is 5.43 Å². The predicted molar refractivity (Wildman–Crippen MR) is 68.2 cm³/mol. The van der Waals surface area contributed by atoms with Crippen molar-refractivity contribution >= 4 is 23.5 Å². The largest absolute Gasteiger partial charge is 0.381 e. The molecule has 5 heteroatoms. The minimum absolute atomic E-state index is 0.417. The van der Waals surface area contributed by atoms with Crippen molar-refractivity contribution in [3.63, 3.8) is 0 Å². The zero-order chi connectivity index (χ0) is 10.7. The third kappa shape index (κ3) is 2.82.